The molecule has 3 nitrogen and oxygen atoms in total. The highest BCUT2D eigenvalue weighted by molar-refractivity contribution is 4.91. The van der Waals surface area contributed by atoms with Gasteiger partial charge in [-0.1, -0.05) is 19.3 Å². The number of methoxy groups -OCH3 is 1. The zero-order valence-electron chi connectivity index (χ0n) is 13.0. The van der Waals surface area contributed by atoms with E-state index in [1.54, 1.807) is 0 Å². The largest absolute Gasteiger partial charge is 0.377 e. The predicted octanol–water partition coefficient (Wildman–Crippen LogP) is 2.70. The van der Waals surface area contributed by atoms with Gasteiger partial charge in [-0.25, -0.2) is 0 Å². The Morgan fingerprint density at radius 2 is 1.84 bits per heavy atom. The van der Waals surface area contributed by atoms with Gasteiger partial charge >= 0.3 is 0 Å². The van der Waals surface area contributed by atoms with E-state index in [0.29, 0.717) is 6.04 Å². The Morgan fingerprint density at radius 1 is 1.11 bits per heavy atom. The zero-order valence-corrected chi connectivity index (χ0v) is 13.0. The van der Waals surface area contributed by atoms with E-state index in [9.17, 15) is 0 Å². The van der Waals surface area contributed by atoms with Gasteiger partial charge in [0.25, 0.3) is 0 Å². The summed E-state index contributed by atoms with van der Waals surface area (Å²) in [5.41, 5.74) is -0.0536. The SMILES string of the molecule is COC(C)(C)CNC1CCCCC1C1CCCCN1. The lowest BCUT2D eigenvalue weighted by atomic mass is 9.77. The standard InChI is InChI=1S/C16H32N2O/c1-16(2,19-3)12-18-15-9-5-4-8-13(15)14-10-6-7-11-17-14/h13-15,17-18H,4-12H2,1-3H3. The van der Waals surface area contributed by atoms with Crippen LogP contribution in [0.25, 0.3) is 0 Å². The highest BCUT2D eigenvalue weighted by atomic mass is 16.5. The summed E-state index contributed by atoms with van der Waals surface area (Å²) in [4.78, 5) is 0. The first-order chi connectivity index (χ1) is 9.12. The number of nitrogens with one attached hydrogen (secondary N) is 2. The van der Waals surface area contributed by atoms with Gasteiger partial charge in [0.15, 0.2) is 0 Å². The molecule has 0 amide bonds. The van der Waals surface area contributed by atoms with Crippen molar-refractivity contribution in [2.24, 2.45) is 5.92 Å². The van der Waals surface area contributed by atoms with Crippen molar-refractivity contribution >= 4 is 0 Å². The lowest BCUT2D eigenvalue weighted by Crippen LogP contribution is -2.53. The molecule has 2 rings (SSSR count). The van der Waals surface area contributed by atoms with Crippen LogP contribution in [0.5, 0.6) is 0 Å². The minimum atomic E-state index is -0.0536. The molecule has 0 aromatic carbocycles. The van der Waals surface area contributed by atoms with E-state index in [1.807, 2.05) is 7.11 Å². The quantitative estimate of drug-likeness (QED) is 0.804. The van der Waals surface area contributed by atoms with Gasteiger partial charge in [0.05, 0.1) is 5.60 Å². The molecule has 2 fully saturated rings. The third kappa shape index (κ3) is 4.44. The molecule has 1 saturated heterocycles. The van der Waals surface area contributed by atoms with Crippen LogP contribution in [-0.2, 0) is 4.74 Å². The van der Waals surface area contributed by atoms with Gasteiger partial charge in [0, 0.05) is 25.7 Å². The highest BCUT2D eigenvalue weighted by Crippen LogP contribution is 2.30. The molecule has 2 N–H and O–H groups in total. The van der Waals surface area contributed by atoms with Gasteiger partial charge in [-0.15, -0.1) is 0 Å². The first-order valence-electron chi connectivity index (χ1n) is 8.14. The minimum Gasteiger partial charge on any atom is -0.377 e. The summed E-state index contributed by atoms with van der Waals surface area (Å²) in [5, 5.41) is 7.55. The van der Waals surface area contributed by atoms with Crippen molar-refractivity contribution in [3.8, 4) is 0 Å². The van der Waals surface area contributed by atoms with Gasteiger partial charge in [-0.2, -0.15) is 0 Å². The second-order valence-electron chi connectivity index (χ2n) is 6.96. The maximum Gasteiger partial charge on any atom is 0.0746 e. The van der Waals surface area contributed by atoms with Crippen molar-refractivity contribution in [3.63, 3.8) is 0 Å². The van der Waals surface area contributed by atoms with Gasteiger partial charge in [0.2, 0.25) is 0 Å². The Kier molecular flexibility index (Phi) is 5.67. The van der Waals surface area contributed by atoms with Crippen LogP contribution in [-0.4, -0.2) is 37.9 Å². The van der Waals surface area contributed by atoms with Crippen molar-refractivity contribution in [2.45, 2.75) is 76.5 Å². The van der Waals surface area contributed by atoms with Crippen molar-refractivity contribution < 1.29 is 4.74 Å². The minimum absolute atomic E-state index is 0.0536. The molecule has 0 aromatic heterocycles. The summed E-state index contributed by atoms with van der Waals surface area (Å²) in [6, 6.07) is 1.43. The zero-order chi connectivity index (χ0) is 13.7. The highest BCUT2D eigenvalue weighted by Gasteiger charge is 2.33. The molecule has 3 unspecified atom stereocenters. The monoisotopic (exact) mass is 268 g/mol. The fourth-order valence-electron chi connectivity index (χ4n) is 3.59. The van der Waals surface area contributed by atoms with Crippen molar-refractivity contribution in [2.75, 3.05) is 20.2 Å². The summed E-state index contributed by atoms with van der Waals surface area (Å²) in [5.74, 6) is 0.821. The normalized spacial score (nSPS) is 33.3. The maximum atomic E-state index is 5.53. The molecule has 1 heterocycles. The summed E-state index contributed by atoms with van der Waals surface area (Å²) >= 11 is 0. The van der Waals surface area contributed by atoms with Crippen LogP contribution in [0.3, 0.4) is 0 Å². The van der Waals surface area contributed by atoms with E-state index in [4.69, 9.17) is 4.74 Å². The number of hydrogen-bond donors (Lipinski definition) is 2. The third-order valence-corrected chi connectivity index (χ3v) is 5.03. The average molecular weight is 268 g/mol. The van der Waals surface area contributed by atoms with Gasteiger partial charge in [0.1, 0.15) is 0 Å². The molecule has 0 bridgehead atoms. The Bertz CT molecular complexity index is 261. The van der Waals surface area contributed by atoms with Crippen LogP contribution < -0.4 is 10.6 Å². The molecule has 1 saturated carbocycles. The van der Waals surface area contributed by atoms with Crippen molar-refractivity contribution in [1.82, 2.24) is 10.6 Å². The fourth-order valence-corrected chi connectivity index (χ4v) is 3.59. The maximum absolute atomic E-state index is 5.53. The van der Waals surface area contributed by atoms with Crippen LogP contribution in [0, 0.1) is 5.92 Å². The molecule has 0 radical (unpaired) electrons. The molecule has 3 heteroatoms. The smallest absolute Gasteiger partial charge is 0.0746 e. The molecular formula is C16H32N2O. The van der Waals surface area contributed by atoms with Crippen LogP contribution in [0.2, 0.25) is 0 Å². The first-order valence-corrected chi connectivity index (χ1v) is 8.14. The number of rotatable bonds is 5. The Morgan fingerprint density at radius 3 is 2.53 bits per heavy atom. The van der Waals surface area contributed by atoms with E-state index >= 15 is 0 Å². The molecule has 0 spiro atoms. The molecule has 1 aliphatic carbocycles. The molecule has 0 aromatic rings. The van der Waals surface area contributed by atoms with E-state index in [1.165, 1.54) is 51.5 Å². The van der Waals surface area contributed by atoms with Crippen LogP contribution in [0.15, 0.2) is 0 Å². The molecule has 3 atom stereocenters. The lowest BCUT2D eigenvalue weighted by molar-refractivity contribution is 0.0165. The van der Waals surface area contributed by atoms with Gasteiger partial charge in [-0.05, 0) is 52.0 Å². The molecule has 2 aliphatic rings. The van der Waals surface area contributed by atoms with Crippen LogP contribution >= 0.6 is 0 Å². The van der Waals surface area contributed by atoms with E-state index < -0.39 is 0 Å². The Balaban J connectivity index is 1.88. The summed E-state index contributed by atoms with van der Waals surface area (Å²) in [6.45, 7) is 6.50. The Hall–Kier alpha value is -0.120. The molecule has 112 valence electrons. The van der Waals surface area contributed by atoms with Crippen molar-refractivity contribution in [3.05, 3.63) is 0 Å². The number of ether oxygens (including phenoxy) is 1. The lowest BCUT2D eigenvalue weighted by Gasteiger charge is -2.41. The second kappa shape index (κ2) is 7.05. The van der Waals surface area contributed by atoms with E-state index in [-0.39, 0.29) is 5.60 Å². The fraction of sp³-hybridized carbons (Fsp3) is 1.00. The van der Waals surface area contributed by atoms with Crippen LogP contribution in [0.4, 0.5) is 0 Å². The third-order valence-electron chi connectivity index (χ3n) is 5.03. The molecular weight excluding hydrogens is 236 g/mol. The number of hydrogen-bond acceptors (Lipinski definition) is 3. The Labute approximate surface area is 118 Å². The topological polar surface area (TPSA) is 33.3 Å². The van der Waals surface area contributed by atoms with E-state index in [2.05, 4.69) is 24.5 Å². The van der Waals surface area contributed by atoms with Gasteiger partial charge < -0.3 is 15.4 Å². The molecule has 19 heavy (non-hydrogen) atoms. The van der Waals surface area contributed by atoms with Crippen LogP contribution in [0.1, 0.15) is 58.8 Å². The average Bonchev–Trinajstić information content (AvgIpc) is 2.46. The summed E-state index contributed by atoms with van der Waals surface area (Å²) in [6.07, 6.45) is 9.66. The molecule has 1 aliphatic heterocycles. The second-order valence-corrected chi connectivity index (χ2v) is 6.96. The predicted molar refractivity (Wildman–Crippen MR) is 80.5 cm³/mol. The summed E-state index contributed by atoms with van der Waals surface area (Å²) in [7, 11) is 1.81. The first kappa shape index (κ1) is 15.3. The van der Waals surface area contributed by atoms with Crippen molar-refractivity contribution in [1.29, 1.82) is 0 Å². The van der Waals surface area contributed by atoms with E-state index in [0.717, 1.165) is 18.5 Å². The summed E-state index contributed by atoms with van der Waals surface area (Å²) < 4.78 is 5.53. The number of piperidine rings is 1. The van der Waals surface area contributed by atoms with Gasteiger partial charge in [-0.3, -0.25) is 0 Å².